The van der Waals surface area contributed by atoms with Crippen LogP contribution in [-0.4, -0.2) is 4.98 Å². The summed E-state index contributed by atoms with van der Waals surface area (Å²) in [4.78, 5) is 4.56. The highest BCUT2D eigenvalue weighted by atomic mass is 32.2. The van der Waals surface area contributed by atoms with E-state index in [0.717, 1.165) is 23.0 Å². The second kappa shape index (κ2) is 6.23. The zero-order chi connectivity index (χ0) is 13.9. The average Bonchev–Trinajstić information content (AvgIpc) is 2.47. The zero-order valence-corrected chi connectivity index (χ0v) is 13.6. The van der Waals surface area contributed by atoms with Crippen molar-refractivity contribution in [3.63, 3.8) is 0 Å². The Hall–Kier alpha value is -0.930. The standard InChI is InChI=1S/C17H19NS2/c1-12-13(2)16-5-4-15(12)9-19-8-14-3-6-17(18-7-14)11-20-10-16/h3-7H,8-11H2,1-2H3. The number of nitrogens with zero attached hydrogens (tertiary/aromatic N) is 1. The third-order valence-corrected chi connectivity index (χ3v) is 6.00. The zero-order valence-electron chi connectivity index (χ0n) is 12.0. The molecule has 3 heteroatoms. The van der Waals surface area contributed by atoms with Crippen molar-refractivity contribution in [2.75, 3.05) is 0 Å². The van der Waals surface area contributed by atoms with Crippen LogP contribution in [0, 0.1) is 13.8 Å². The van der Waals surface area contributed by atoms with Gasteiger partial charge in [-0.15, -0.1) is 0 Å². The number of hydrogen-bond donors (Lipinski definition) is 0. The van der Waals surface area contributed by atoms with Crippen LogP contribution in [0.3, 0.4) is 0 Å². The molecule has 0 aliphatic carbocycles. The van der Waals surface area contributed by atoms with E-state index in [9.17, 15) is 0 Å². The van der Waals surface area contributed by atoms with E-state index < -0.39 is 0 Å². The SMILES string of the molecule is Cc1c2ccc(c1C)CSCc1ccc(cn1)CSC2. The van der Waals surface area contributed by atoms with Crippen LogP contribution < -0.4 is 0 Å². The molecule has 0 spiro atoms. The van der Waals surface area contributed by atoms with Gasteiger partial charge in [-0.05, 0) is 47.7 Å². The Balaban J connectivity index is 1.91. The third-order valence-electron chi connectivity index (χ3n) is 3.93. The van der Waals surface area contributed by atoms with Crippen molar-refractivity contribution >= 4 is 23.5 Å². The minimum absolute atomic E-state index is 0.994. The summed E-state index contributed by atoms with van der Waals surface area (Å²) in [6.45, 7) is 4.53. The predicted octanol–water partition coefficient (Wildman–Crippen LogP) is 4.88. The summed E-state index contributed by atoms with van der Waals surface area (Å²) in [7, 11) is 0. The first-order valence-electron chi connectivity index (χ1n) is 6.91. The van der Waals surface area contributed by atoms with Crippen LogP contribution >= 0.6 is 23.5 Å². The van der Waals surface area contributed by atoms with E-state index in [-0.39, 0.29) is 0 Å². The minimum Gasteiger partial charge on any atom is -0.260 e. The van der Waals surface area contributed by atoms with Crippen LogP contribution in [0.2, 0.25) is 0 Å². The summed E-state index contributed by atoms with van der Waals surface area (Å²) in [5, 5.41) is 0. The van der Waals surface area contributed by atoms with Gasteiger partial charge in [0, 0.05) is 29.2 Å². The summed E-state index contributed by atoms with van der Waals surface area (Å²) in [5.74, 6) is 4.19. The molecule has 0 saturated carbocycles. The number of benzene rings is 1. The highest BCUT2D eigenvalue weighted by molar-refractivity contribution is 7.98. The number of rotatable bonds is 0. The lowest BCUT2D eigenvalue weighted by atomic mass is 10.00. The molecule has 104 valence electrons. The molecular weight excluding hydrogens is 282 g/mol. The van der Waals surface area contributed by atoms with Gasteiger partial charge in [0.05, 0.1) is 5.69 Å². The third kappa shape index (κ3) is 3.04. The molecule has 1 aromatic carbocycles. The van der Waals surface area contributed by atoms with E-state index in [1.54, 1.807) is 0 Å². The molecule has 0 radical (unpaired) electrons. The van der Waals surface area contributed by atoms with E-state index in [4.69, 9.17) is 0 Å². The van der Waals surface area contributed by atoms with Crippen molar-refractivity contribution < 1.29 is 0 Å². The predicted molar refractivity (Wildman–Crippen MR) is 90.2 cm³/mol. The summed E-state index contributed by atoms with van der Waals surface area (Å²) in [6.07, 6.45) is 2.04. The number of hydrogen-bond acceptors (Lipinski definition) is 3. The molecular formula is C17H19NS2. The molecule has 0 N–H and O–H groups in total. The Morgan fingerprint density at radius 1 is 0.800 bits per heavy atom. The van der Waals surface area contributed by atoms with Crippen molar-refractivity contribution in [1.29, 1.82) is 0 Å². The average molecular weight is 301 g/mol. The van der Waals surface area contributed by atoms with Gasteiger partial charge < -0.3 is 0 Å². The topological polar surface area (TPSA) is 12.9 Å². The van der Waals surface area contributed by atoms with E-state index in [0.29, 0.717) is 0 Å². The molecule has 6 rings (SSSR count). The summed E-state index contributed by atoms with van der Waals surface area (Å²) in [6, 6.07) is 9.03. The van der Waals surface area contributed by atoms with Gasteiger partial charge in [0.15, 0.2) is 0 Å². The van der Waals surface area contributed by atoms with Gasteiger partial charge in [-0.25, -0.2) is 0 Å². The van der Waals surface area contributed by atoms with Crippen LogP contribution in [0.15, 0.2) is 30.5 Å². The summed E-state index contributed by atoms with van der Waals surface area (Å²) in [5.41, 5.74) is 8.39. The second-order valence-electron chi connectivity index (χ2n) is 5.28. The van der Waals surface area contributed by atoms with Crippen LogP contribution in [0.1, 0.15) is 33.5 Å². The maximum atomic E-state index is 4.56. The maximum absolute atomic E-state index is 4.56. The van der Waals surface area contributed by atoms with Crippen LogP contribution in [0.4, 0.5) is 0 Å². The molecule has 1 aromatic heterocycles. The van der Waals surface area contributed by atoms with Gasteiger partial charge >= 0.3 is 0 Å². The fourth-order valence-electron chi connectivity index (χ4n) is 2.42. The molecule has 0 fully saturated rings. The first-order valence-corrected chi connectivity index (χ1v) is 9.22. The Labute approximate surface area is 129 Å². The highest BCUT2D eigenvalue weighted by Gasteiger charge is 2.08. The quantitative estimate of drug-likeness (QED) is 0.688. The molecule has 2 aromatic rings. The fourth-order valence-corrected chi connectivity index (χ4v) is 4.47. The molecule has 0 atom stereocenters. The molecule has 1 nitrogen and oxygen atoms in total. The highest BCUT2D eigenvalue weighted by Crippen LogP contribution is 2.27. The maximum Gasteiger partial charge on any atom is 0.0502 e. The summed E-state index contributed by atoms with van der Waals surface area (Å²) >= 11 is 3.93. The van der Waals surface area contributed by atoms with E-state index in [1.807, 2.05) is 29.7 Å². The monoisotopic (exact) mass is 301 g/mol. The van der Waals surface area contributed by atoms with Crippen molar-refractivity contribution in [2.45, 2.75) is 36.9 Å². The molecule has 4 bridgehead atoms. The van der Waals surface area contributed by atoms with Crippen LogP contribution in [0.5, 0.6) is 0 Å². The normalized spacial score (nSPS) is 15.3. The Bertz CT molecular complexity index is 551. The molecule has 4 aliphatic rings. The molecule has 0 unspecified atom stereocenters. The lowest BCUT2D eigenvalue weighted by Gasteiger charge is -2.14. The van der Waals surface area contributed by atoms with Crippen molar-refractivity contribution in [2.24, 2.45) is 0 Å². The van der Waals surface area contributed by atoms with Crippen molar-refractivity contribution in [3.8, 4) is 0 Å². The van der Waals surface area contributed by atoms with Gasteiger partial charge in [-0.3, -0.25) is 4.98 Å². The Morgan fingerprint density at radius 2 is 1.45 bits per heavy atom. The second-order valence-corrected chi connectivity index (χ2v) is 7.25. The smallest absolute Gasteiger partial charge is 0.0502 e. The van der Waals surface area contributed by atoms with Gasteiger partial charge in [-0.2, -0.15) is 23.5 Å². The Kier molecular flexibility index (Phi) is 4.37. The minimum atomic E-state index is 0.994. The first kappa shape index (κ1) is 14.0. The molecule has 0 amide bonds. The lowest BCUT2D eigenvalue weighted by molar-refractivity contribution is 1.13. The lowest BCUT2D eigenvalue weighted by Crippen LogP contribution is -1.98. The molecule has 5 heterocycles. The molecule has 4 aliphatic heterocycles. The Morgan fingerprint density at radius 3 is 2.05 bits per heavy atom. The number of aromatic nitrogens is 1. The van der Waals surface area contributed by atoms with Crippen LogP contribution in [-0.2, 0) is 23.0 Å². The van der Waals surface area contributed by atoms with Crippen LogP contribution in [0.25, 0.3) is 0 Å². The van der Waals surface area contributed by atoms with Crippen molar-refractivity contribution in [3.05, 3.63) is 64.0 Å². The molecule has 20 heavy (non-hydrogen) atoms. The first-order chi connectivity index (χ1) is 9.74. The number of thioether (sulfide) groups is 2. The van der Waals surface area contributed by atoms with Crippen molar-refractivity contribution in [1.82, 2.24) is 4.98 Å². The van der Waals surface area contributed by atoms with Gasteiger partial charge in [-0.1, -0.05) is 18.2 Å². The van der Waals surface area contributed by atoms with E-state index in [1.165, 1.54) is 33.5 Å². The van der Waals surface area contributed by atoms with E-state index >= 15 is 0 Å². The molecule has 0 saturated heterocycles. The largest absolute Gasteiger partial charge is 0.260 e. The number of pyridine rings is 1. The van der Waals surface area contributed by atoms with Gasteiger partial charge in [0.25, 0.3) is 0 Å². The summed E-state index contributed by atoms with van der Waals surface area (Å²) < 4.78 is 0. The fraction of sp³-hybridized carbons (Fsp3) is 0.353. The van der Waals surface area contributed by atoms with E-state index in [2.05, 4.69) is 43.1 Å². The van der Waals surface area contributed by atoms with Gasteiger partial charge in [0.2, 0.25) is 0 Å². The van der Waals surface area contributed by atoms with Gasteiger partial charge in [0.1, 0.15) is 0 Å².